The molecule has 3 heteroatoms. The number of aliphatic hydroxyl groups excluding tert-OH is 1. The standard InChI is InChI=1S/C13H12O3/c14-11-6-7-13(16,12(15)8-11)9-10-4-2-1-3-5-10/h1-8,14,16H,9H2. The van der Waals surface area contributed by atoms with E-state index in [1.807, 2.05) is 30.3 Å². The zero-order valence-electron chi connectivity index (χ0n) is 8.63. The third-order valence-corrected chi connectivity index (χ3v) is 2.55. The van der Waals surface area contributed by atoms with Crippen LogP contribution in [0.25, 0.3) is 0 Å². The Kier molecular flexibility index (Phi) is 2.62. The van der Waals surface area contributed by atoms with Crippen LogP contribution in [0.3, 0.4) is 0 Å². The average Bonchev–Trinajstić information content (AvgIpc) is 2.26. The summed E-state index contributed by atoms with van der Waals surface area (Å²) in [5.74, 6) is -0.612. The molecule has 1 aromatic carbocycles. The van der Waals surface area contributed by atoms with E-state index in [0.29, 0.717) is 0 Å². The summed E-state index contributed by atoms with van der Waals surface area (Å²) in [5, 5.41) is 19.2. The Balaban J connectivity index is 2.22. The molecule has 0 fully saturated rings. The lowest BCUT2D eigenvalue weighted by atomic mass is 9.87. The van der Waals surface area contributed by atoms with Gasteiger partial charge >= 0.3 is 0 Å². The van der Waals surface area contributed by atoms with Crippen LogP contribution in [-0.2, 0) is 11.2 Å². The summed E-state index contributed by atoms with van der Waals surface area (Å²) in [6.45, 7) is 0. The lowest BCUT2D eigenvalue weighted by Gasteiger charge is -2.24. The normalized spacial score (nSPS) is 24.3. The minimum atomic E-state index is -1.53. The first kappa shape index (κ1) is 10.6. The summed E-state index contributed by atoms with van der Waals surface area (Å²) in [7, 11) is 0. The molecule has 0 heterocycles. The van der Waals surface area contributed by atoms with E-state index >= 15 is 0 Å². The molecule has 0 radical (unpaired) electrons. The van der Waals surface area contributed by atoms with Gasteiger partial charge in [-0.1, -0.05) is 30.3 Å². The lowest BCUT2D eigenvalue weighted by Crippen LogP contribution is -2.39. The van der Waals surface area contributed by atoms with Gasteiger partial charge in [-0.25, -0.2) is 0 Å². The number of carbonyl (C=O) groups is 1. The van der Waals surface area contributed by atoms with E-state index in [1.54, 1.807) is 0 Å². The number of hydrogen-bond donors (Lipinski definition) is 2. The SMILES string of the molecule is O=C1C=C(O)C=CC1(O)Cc1ccccc1. The molecule has 3 nitrogen and oxygen atoms in total. The van der Waals surface area contributed by atoms with Crippen LogP contribution in [0.2, 0.25) is 0 Å². The fourth-order valence-electron chi connectivity index (χ4n) is 1.67. The Bertz CT molecular complexity index is 459. The van der Waals surface area contributed by atoms with Crippen molar-refractivity contribution in [3.63, 3.8) is 0 Å². The molecular formula is C13H12O3. The van der Waals surface area contributed by atoms with Gasteiger partial charge in [-0.15, -0.1) is 0 Å². The summed E-state index contributed by atoms with van der Waals surface area (Å²) < 4.78 is 0. The van der Waals surface area contributed by atoms with Crippen LogP contribution in [0.5, 0.6) is 0 Å². The maximum atomic E-state index is 11.6. The molecule has 1 unspecified atom stereocenters. The van der Waals surface area contributed by atoms with Gasteiger partial charge < -0.3 is 10.2 Å². The highest BCUT2D eigenvalue weighted by atomic mass is 16.3. The van der Waals surface area contributed by atoms with Crippen molar-refractivity contribution in [2.45, 2.75) is 12.0 Å². The largest absolute Gasteiger partial charge is 0.508 e. The molecule has 0 aliphatic heterocycles. The highest BCUT2D eigenvalue weighted by molar-refractivity contribution is 6.00. The van der Waals surface area contributed by atoms with E-state index in [-0.39, 0.29) is 12.2 Å². The Morgan fingerprint density at radius 1 is 1.19 bits per heavy atom. The number of hydrogen-bond acceptors (Lipinski definition) is 3. The third kappa shape index (κ3) is 2.04. The molecular weight excluding hydrogens is 204 g/mol. The van der Waals surface area contributed by atoms with Crippen molar-refractivity contribution < 1.29 is 15.0 Å². The molecule has 16 heavy (non-hydrogen) atoms. The second-order valence-corrected chi connectivity index (χ2v) is 3.85. The van der Waals surface area contributed by atoms with Gasteiger partial charge in [0, 0.05) is 12.5 Å². The van der Waals surface area contributed by atoms with Crippen LogP contribution in [0.1, 0.15) is 5.56 Å². The molecule has 0 saturated heterocycles. The Morgan fingerprint density at radius 2 is 1.88 bits per heavy atom. The van der Waals surface area contributed by atoms with Gasteiger partial charge in [-0.3, -0.25) is 4.79 Å². The molecule has 0 amide bonds. The van der Waals surface area contributed by atoms with Crippen molar-refractivity contribution in [1.29, 1.82) is 0 Å². The molecule has 1 aliphatic carbocycles. The van der Waals surface area contributed by atoms with Crippen molar-refractivity contribution in [3.8, 4) is 0 Å². The van der Waals surface area contributed by atoms with Gasteiger partial charge in [0.15, 0.2) is 5.78 Å². The van der Waals surface area contributed by atoms with Crippen molar-refractivity contribution in [2.75, 3.05) is 0 Å². The lowest BCUT2D eigenvalue weighted by molar-refractivity contribution is -0.128. The molecule has 82 valence electrons. The third-order valence-electron chi connectivity index (χ3n) is 2.55. The fourth-order valence-corrected chi connectivity index (χ4v) is 1.67. The van der Waals surface area contributed by atoms with Crippen LogP contribution in [0.15, 0.2) is 54.3 Å². The first-order chi connectivity index (χ1) is 7.60. The number of ketones is 1. The Hall–Kier alpha value is -1.87. The maximum absolute atomic E-state index is 11.6. The molecule has 2 N–H and O–H groups in total. The molecule has 0 bridgehead atoms. The van der Waals surface area contributed by atoms with E-state index in [4.69, 9.17) is 5.11 Å². The van der Waals surface area contributed by atoms with Crippen molar-refractivity contribution in [1.82, 2.24) is 0 Å². The van der Waals surface area contributed by atoms with Crippen LogP contribution >= 0.6 is 0 Å². The summed E-state index contributed by atoms with van der Waals surface area (Å²) in [5.41, 5.74) is -0.661. The van der Waals surface area contributed by atoms with Crippen molar-refractivity contribution in [2.24, 2.45) is 0 Å². The smallest absolute Gasteiger partial charge is 0.195 e. The van der Waals surface area contributed by atoms with Gasteiger partial charge in [-0.05, 0) is 17.7 Å². The summed E-state index contributed by atoms with van der Waals surface area (Å²) in [6.07, 6.45) is 3.93. The molecule has 0 spiro atoms. The van der Waals surface area contributed by atoms with Crippen LogP contribution in [0.4, 0.5) is 0 Å². The molecule has 0 aromatic heterocycles. The fraction of sp³-hybridized carbons (Fsp3) is 0.154. The van der Waals surface area contributed by atoms with Gasteiger partial charge in [0.25, 0.3) is 0 Å². The van der Waals surface area contributed by atoms with Crippen LogP contribution in [0, 0.1) is 0 Å². The minimum Gasteiger partial charge on any atom is -0.508 e. The van der Waals surface area contributed by atoms with Crippen molar-refractivity contribution in [3.05, 3.63) is 59.9 Å². The van der Waals surface area contributed by atoms with E-state index in [0.717, 1.165) is 11.6 Å². The summed E-state index contributed by atoms with van der Waals surface area (Å²) in [6, 6.07) is 9.26. The topological polar surface area (TPSA) is 57.5 Å². The van der Waals surface area contributed by atoms with Gasteiger partial charge in [0.1, 0.15) is 11.4 Å². The molecule has 1 aliphatic rings. The van der Waals surface area contributed by atoms with Crippen LogP contribution < -0.4 is 0 Å². The number of rotatable bonds is 2. The highest BCUT2D eigenvalue weighted by Gasteiger charge is 2.34. The first-order valence-corrected chi connectivity index (χ1v) is 5.01. The summed E-state index contributed by atoms with van der Waals surface area (Å²) >= 11 is 0. The number of allylic oxidation sites excluding steroid dienone is 1. The van der Waals surface area contributed by atoms with Crippen molar-refractivity contribution >= 4 is 5.78 Å². The molecule has 0 saturated carbocycles. The number of aliphatic hydroxyl groups is 2. The second kappa shape index (κ2) is 3.94. The molecule has 1 atom stereocenters. The van der Waals surface area contributed by atoms with E-state index in [1.165, 1.54) is 12.2 Å². The first-order valence-electron chi connectivity index (χ1n) is 5.01. The van der Waals surface area contributed by atoms with Crippen LogP contribution in [-0.4, -0.2) is 21.6 Å². The maximum Gasteiger partial charge on any atom is 0.195 e. The Labute approximate surface area is 93.4 Å². The van der Waals surface area contributed by atoms with E-state index in [2.05, 4.69) is 0 Å². The highest BCUT2D eigenvalue weighted by Crippen LogP contribution is 2.21. The average molecular weight is 216 g/mol. The van der Waals surface area contributed by atoms with E-state index in [9.17, 15) is 9.90 Å². The predicted molar refractivity (Wildman–Crippen MR) is 60.0 cm³/mol. The van der Waals surface area contributed by atoms with Gasteiger partial charge in [-0.2, -0.15) is 0 Å². The van der Waals surface area contributed by atoms with Gasteiger partial charge in [0.05, 0.1) is 0 Å². The summed E-state index contributed by atoms with van der Waals surface area (Å²) in [4.78, 5) is 11.6. The predicted octanol–water partition coefficient (Wildman–Crippen LogP) is 1.54. The quantitative estimate of drug-likeness (QED) is 0.788. The van der Waals surface area contributed by atoms with E-state index < -0.39 is 11.4 Å². The minimum absolute atomic E-state index is 0.122. The monoisotopic (exact) mass is 216 g/mol. The molecule has 1 aromatic rings. The van der Waals surface area contributed by atoms with Gasteiger partial charge in [0.2, 0.25) is 0 Å². The zero-order valence-corrected chi connectivity index (χ0v) is 8.63. The zero-order chi connectivity index (χ0) is 11.6. The second-order valence-electron chi connectivity index (χ2n) is 3.85. The number of benzene rings is 1. The molecule has 2 rings (SSSR count). The Morgan fingerprint density at radius 3 is 2.50 bits per heavy atom. The number of carbonyl (C=O) groups excluding carboxylic acids is 1.